The molecule has 0 saturated carbocycles. The first-order valence-corrected chi connectivity index (χ1v) is 7.25. The molecule has 0 spiro atoms. The summed E-state index contributed by atoms with van der Waals surface area (Å²) >= 11 is 2.15. The molecule has 0 fully saturated rings. The summed E-state index contributed by atoms with van der Waals surface area (Å²) in [4.78, 5) is 11.6. The van der Waals surface area contributed by atoms with Crippen molar-refractivity contribution in [2.75, 3.05) is 13.7 Å². The van der Waals surface area contributed by atoms with Crippen molar-refractivity contribution >= 4 is 28.6 Å². The van der Waals surface area contributed by atoms with Crippen LogP contribution in [0, 0.1) is 3.70 Å². The van der Waals surface area contributed by atoms with E-state index < -0.39 is 0 Å². The summed E-state index contributed by atoms with van der Waals surface area (Å²) in [6, 6.07) is 9.47. The number of esters is 1. The molecule has 1 aromatic carbocycles. The van der Waals surface area contributed by atoms with Crippen molar-refractivity contribution in [3.8, 4) is 5.75 Å². The lowest BCUT2D eigenvalue weighted by Crippen LogP contribution is -2.08. The van der Waals surface area contributed by atoms with Crippen LogP contribution in [-0.2, 0) is 11.3 Å². The number of ether oxygens (including phenoxy) is 2. The van der Waals surface area contributed by atoms with E-state index in [1.54, 1.807) is 24.8 Å². The summed E-state index contributed by atoms with van der Waals surface area (Å²) in [7, 11) is 1.64. The van der Waals surface area contributed by atoms with E-state index in [4.69, 9.17) is 9.47 Å². The Kier molecular flexibility index (Phi) is 4.99. The summed E-state index contributed by atoms with van der Waals surface area (Å²) in [5.74, 6) is 0.426. The number of carbonyl (C=O) groups excluding carboxylic acids is 1. The normalized spacial score (nSPS) is 10.3. The Balaban J connectivity index is 2.14. The van der Waals surface area contributed by atoms with Crippen molar-refractivity contribution in [2.45, 2.75) is 13.5 Å². The molecule has 0 saturated heterocycles. The topological polar surface area (TPSA) is 53.4 Å². The molecule has 2 rings (SSSR count). The van der Waals surface area contributed by atoms with Gasteiger partial charge >= 0.3 is 5.97 Å². The number of rotatable bonds is 5. The predicted octanol–water partition coefficient (Wildman–Crippen LogP) is 2.72. The van der Waals surface area contributed by atoms with E-state index in [2.05, 4.69) is 27.7 Å². The van der Waals surface area contributed by atoms with E-state index in [1.165, 1.54) is 0 Å². The van der Waals surface area contributed by atoms with Gasteiger partial charge in [0.2, 0.25) is 0 Å². The van der Waals surface area contributed by atoms with Crippen LogP contribution in [0.3, 0.4) is 0 Å². The second-order valence-electron chi connectivity index (χ2n) is 4.08. The Bertz CT molecular complexity index is 593. The highest BCUT2D eigenvalue weighted by molar-refractivity contribution is 14.1. The molecule has 0 atom stereocenters. The van der Waals surface area contributed by atoms with Crippen molar-refractivity contribution in [2.24, 2.45) is 0 Å². The fourth-order valence-electron chi connectivity index (χ4n) is 1.71. The third kappa shape index (κ3) is 3.50. The maximum Gasteiger partial charge on any atom is 0.358 e. The van der Waals surface area contributed by atoms with E-state index in [-0.39, 0.29) is 5.97 Å². The van der Waals surface area contributed by atoms with Gasteiger partial charge in [-0.25, -0.2) is 4.79 Å². The molecule has 0 aliphatic rings. The SMILES string of the molecule is CCOC(=O)c1cc(I)n(Cc2ccc(OC)cc2)n1. The van der Waals surface area contributed by atoms with E-state index in [0.717, 1.165) is 15.0 Å². The van der Waals surface area contributed by atoms with Gasteiger partial charge in [-0.1, -0.05) is 12.1 Å². The van der Waals surface area contributed by atoms with Crippen molar-refractivity contribution in [3.63, 3.8) is 0 Å². The number of methoxy groups -OCH3 is 1. The number of carbonyl (C=O) groups is 1. The van der Waals surface area contributed by atoms with Crippen LogP contribution in [0.1, 0.15) is 23.0 Å². The lowest BCUT2D eigenvalue weighted by molar-refractivity contribution is 0.0518. The minimum absolute atomic E-state index is 0.338. The first-order valence-electron chi connectivity index (χ1n) is 6.17. The molecule has 106 valence electrons. The number of nitrogens with zero attached hydrogens (tertiary/aromatic N) is 2. The molecule has 0 bridgehead atoms. The van der Waals surface area contributed by atoms with E-state index in [9.17, 15) is 4.79 Å². The highest BCUT2D eigenvalue weighted by Crippen LogP contribution is 2.15. The maximum atomic E-state index is 11.6. The molecule has 0 unspecified atom stereocenters. The molecule has 1 aromatic heterocycles. The highest BCUT2D eigenvalue weighted by Gasteiger charge is 2.14. The van der Waals surface area contributed by atoms with Crippen LogP contribution in [-0.4, -0.2) is 29.5 Å². The number of hydrogen-bond donors (Lipinski definition) is 0. The zero-order valence-corrected chi connectivity index (χ0v) is 13.5. The predicted molar refractivity (Wildman–Crippen MR) is 83.0 cm³/mol. The van der Waals surface area contributed by atoms with Crippen LogP contribution in [0.25, 0.3) is 0 Å². The number of aromatic nitrogens is 2. The fourth-order valence-corrected chi connectivity index (χ4v) is 2.29. The molecule has 20 heavy (non-hydrogen) atoms. The Morgan fingerprint density at radius 1 is 1.35 bits per heavy atom. The van der Waals surface area contributed by atoms with Gasteiger partial charge in [0, 0.05) is 6.07 Å². The summed E-state index contributed by atoms with van der Waals surface area (Å²) in [5.41, 5.74) is 1.42. The smallest absolute Gasteiger partial charge is 0.358 e. The molecule has 0 radical (unpaired) electrons. The average molecular weight is 386 g/mol. The monoisotopic (exact) mass is 386 g/mol. The summed E-state index contributed by atoms with van der Waals surface area (Å²) in [5, 5.41) is 4.27. The first kappa shape index (κ1) is 14.8. The number of benzene rings is 1. The molecule has 2 aromatic rings. The van der Waals surface area contributed by atoms with Gasteiger partial charge in [0.05, 0.1) is 20.3 Å². The van der Waals surface area contributed by atoms with Crippen LogP contribution in [0.15, 0.2) is 30.3 Å². The van der Waals surface area contributed by atoms with Crippen LogP contribution in [0.2, 0.25) is 0 Å². The Morgan fingerprint density at radius 2 is 2.05 bits per heavy atom. The average Bonchev–Trinajstić information content (AvgIpc) is 2.81. The van der Waals surface area contributed by atoms with Gasteiger partial charge in [0.15, 0.2) is 5.69 Å². The Morgan fingerprint density at radius 3 is 2.65 bits per heavy atom. The zero-order chi connectivity index (χ0) is 14.5. The van der Waals surface area contributed by atoms with Gasteiger partial charge in [0.25, 0.3) is 0 Å². The standard InChI is InChI=1S/C14H15IN2O3/c1-3-20-14(18)12-8-13(15)17(16-12)9-10-4-6-11(19-2)7-5-10/h4-8H,3,9H2,1-2H3. The second kappa shape index (κ2) is 6.74. The molecule has 5 nitrogen and oxygen atoms in total. The Labute approximate surface area is 131 Å². The maximum absolute atomic E-state index is 11.6. The molecular formula is C14H15IN2O3. The van der Waals surface area contributed by atoms with Gasteiger partial charge in [-0.15, -0.1) is 0 Å². The van der Waals surface area contributed by atoms with E-state index >= 15 is 0 Å². The van der Waals surface area contributed by atoms with Crippen LogP contribution >= 0.6 is 22.6 Å². The van der Waals surface area contributed by atoms with E-state index in [0.29, 0.717) is 18.8 Å². The Hall–Kier alpha value is -1.57. The third-order valence-electron chi connectivity index (χ3n) is 2.71. The van der Waals surface area contributed by atoms with Gasteiger partial charge in [0.1, 0.15) is 9.45 Å². The molecule has 0 aliphatic carbocycles. The van der Waals surface area contributed by atoms with Crippen molar-refractivity contribution in [1.82, 2.24) is 9.78 Å². The van der Waals surface area contributed by atoms with Crippen LogP contribution in [0.4, 0.5) is 0 Å². The summed E-state index contributed by atoms with van der Waals surface area (Å²) in [6.45, 7) is 2.72. The molecule has 0 N–H and O–H groups in total. The molecule has 6 heteroatoms. The fraction of sp³-hybridized carbons (Fsp3) is 0.286. The summed E-state index contributed by atoms with van der Waals surface area (Å²) in [6.07, 6.45) is 0. The lowest BCUT2D eigenvalue weighted by atomic mass is 10.2. The van der Waals surface area contributed by atoms with Gasteiger partial charge in [-0.2, -0.15) is 5.10 Å². The van der Waals surface area contributed by atoms with Gasteiger partial charge < -0.3 is 9.47 Å². The third-order valence-corrected chi connectivity index (χ3v) is 3.58. The molecule has 0 aliphatic heterocycles. The van der Waals surface area contributed by atoms with Crippen LogP contribution < -0.4 is 4.74 Å². The minimum Gasteiger partial charge on any atom is -0.497 e. The van der Waals surface area contributed by atoms with Crippen molar-refractivity contribution in [1.29, 1.82) is 0 Å². The minimum atomic E-state index is -0.390. The molecule has 0 amide bonds. The quantitative estimate of drug-likeness (QED) is 0.586. The highest BCUT2D eigenvalue weighted by atomic mass is 127. The van der Waals surface area contributed by atoms with E-state index in [1.807, 2.05) is 24.3 Å². The van der Waals surface area contributed by atoms with Crippen LogP contribution in [0.5, 0.6) is 5.75 Å². The second-order valence-corrected chi connectivity index (χ2v) is 5.18. The zero-order valence-electron chi connectivity index (χ0n) is 11.3. The molecular weight excluding hydrogens is 371 g/mol. The van der Waals surface area contributed by atoms with Gasteiger partial charge in [-0.05, 0) is 47.2 Å². The lowest BCUT2D eigenvalue weighted by Gasteiger charge is -2.05. The molecule has 1 heterocycles. The number of hydrogen-bond acceptors (Lipinski definition) is 4. The van der Waals surface area contributed by atoms with Crippen molar-refractivity contribution in [3.05, 3.63) is 45.3 Å². The largest absolute Gasteiger partial charge is 0.497 e. The van der Waals surface area contributed by atoms with Gasteiger partial charge in [-0.3, -0.25) is 4.68 Å². The first-order chi connectivity index (χ1) is 9.63. The summed E-state index contributed by atoms with van der Waals surface area (Å²) < 4.78 is 12.7. The van der Waals surface area contributed by atoms with Crippen molar-refractivity contribution < 1.29 is 14.3 Å². The number of halogens is 1.